The minimum absolute atomic E-state index is 0.285. The molecular formula is C12H20F3NOS. The molecule has 2 aliphatic rings. The van der Waals surface area contributed by atoms with Crippen LogP contribution in [-0.4, -0.2) is 42.5 Å². The van der Waals surface area contributed by atoms with Gasteiger partial charge in [0.25, 0.3) is 0 Å². The van der Waals surface area contributed by atoms with E-state index in [-0.39, 0.29) is 11.5 Å². The smallest absolute Gasteiger partial charge is 0.374 e. The van der Waals surface area contributed by atoms with E-state index >= 15 is 0 Å². The van der Waals surface area contributed by atoms with E-state index < -0.39 is 12.2 Å². The summed E-state index contributed by atoms with van der Waals surface area (Å²) in [5, 5.41) is 2.61. The maximum absolute atomic E-state index is 13.1. The van der Waals surface area contributed by atoms with Gasteiger partial charge in [-0.25, -0.2) is 0 Å². The molecule has 0 saturated carbocycles. The molecular weight excluding hydrogens is 263 g/mol. The Hall–Kier alpha value is 0.0600. The molecule has 0 aromatic carbocycles. The maximum atomic E-state index is 13.1. The first kappa shape index (κ1) is 14.5. The third-order valence-corrected chi connectivity index (χ3v) is 5.07. The molecule has 106 valence electrons. The van der Waals surface area contributed by atoms with Crippen molar-refractivity contribution in [2.24, 2.45) is 5.92 Å². The van der Waals surface area contributed by atoms with Gasteiger partial charge in [0.2, 0.25) is 0 Å². The fourth-order valence-corrected chi connectivity index (χ4v) is 4.36. The van der Waals surface area contributed by atoms with Crippen LogP contribution in [0, 0.1) is 5.92 Å². The molecule has 0 amide bonds. The minimum atomic E-state index is -4.16. The zero-order chi connectivity index (χ0) is 13.2. The lowest BCUT2D eigenvalue weighted by atomic mass is 9.81. The van der Waals surface area contributed by atoms with E-state index in [0.717, 1.165) is 17.9 Å². The normalized spacial score (nSPS) is 35.0. The molecule has 2 fully saturated rings. The molecule has 2 rings (SSSR count). The zero-order valence-electron chi connectivity index (χ0n) is 10.6. The highest BCUT2D eigenvalue weighted by Crippen LogP contribution is 2.43. The second-order valence-electron chi connectivity index (χ2n) is 5.16. The molecule has 6 heteroatoms. The van der Waals surface area contributed by atoms with Gasteiger partial charge in [-0.05, 0) is 37.5 Å². The summed E-state index contributed by atoms with van der Waals surface area (Å²) in [5.74, 6) is 1.50. The topological polar surface area (TPSA) is 21.3 Å². The van der Waals surface area contributed by atoms with E-state index in [1.54, 1.807) is 18.7 Å². The van der Waals surface area contributed by atoms with E-state index in [2.05, 4.69) is 5.32 Å². The number of halogens is 3. The van der Waals surface area contributed by atoms with Gasteiger partial charge in [0.1, 0.15) is 6.04 Å². The van der Waals surface area contributed by atoms with E-state index in [9.17, 15) is 13.2 Å². The Labute approximate surface area is 110 Å². The lowest BCUT2D eigenvalue weighted by Gasteiger charge is -2.41. The van der Waals surface area contributed by atoms with Crippen molar-refractivity contribution in [3.63, 3.8) is 0 Å². The third-order valence-electron chi connectivity index (χ3n) is 3.85. The van der Waals surface area contributed by atoms with Gasteiger partial charge < -0.3 is 10.1 Å². The number of alkyl halides is 3. The summed E-state index contributed by atoms with van der Waals surface area (Å²) in [5.41, 5.74) is -0.285. The van der Waals surface area contributed by atoms with Crippen molar-refractivity contribution in [2.75, 3.05) is 24.7 Å². The monoisotopic (exact) mass is 283 g/mol. The van der Waals surface area contributed by atoms with Crippen molar-refractivity contribution in [3.8, 4) is 0 Å². The predicted octanol–water partition coefficient (Wildman–Crippen LogP) is 2.83. The van der Waals surface area contributed by atoms with Crippen LogP contribution in [0.1, 0.15) is 26.2 Å². The predicted molar refractivity (Wildman–Crippen MR) is 66.9 cm³/mol. The Balaban J connectivity index is 2.06. The molecule has 2 nitrogen and oxygen atoms in total. The van der Waals surface area contributed by atoms with E-state index in [4.69, 9.17) is 4.74 Å². The standard InChI is InChI=1S/C12H20F3NOS/c1-2-16-10(12(13,14)15)9-3-5-17-11(7-9)4-6-18-8-11/h9-10,16H,2-8H2,1H3. The lowest BCUT2D eigenvalue weighted by molar-refractivity contribution is -0.184. The molecule has 0 bridgehead atoms. The molecule has 3 atom stereocenters. The second-order valence-corrected chi connectivity index (χ2v) is 6.27. The first-order valence-electron chi connectivity index (χ1n) is 6.49. The Morgan fingerprint density at radius 2 is 2.28 bits per heavy atom. The molecule has 18 heavy (non-hydrogen) atoms. The Morgan fingerprint density at radius 3 is 2.83 bits per heavy atom. The van der Waals surface area contributed by atoms with Gasteiger partial charge >= 0.3 is 6.18 Å². The number of hydrogen-bond acceptors (Lipinski definition) is 3. The molecule has 2 heterocycles. The second kappa shape index (κ2) is 5.59. The summed E-state index contributed by atoms with van der Waals surface area (Å²) < 4.78 is 45.0. The Bertz CT molecular complexity index is 279. The van der Waals surface area contributed by atoms with Crippen LogP contribution in [0.2, 0.25) is 0 Å². The van der Waals surface area contributed by atoms with Crippen LogP contribution < -0.4 is 5.32 Å². The summed E-state index contributed by atoms with van der Waals surface area (Å²) >= 11 is 1.79. The molecule has 0 aromatic heterocycles. The van der Waals surface area contributed by atoms with Gasteiger partial charge in [-0.15, -0.1) is 0 Å². The van der Waals surface area contributed by atoms with Crippen molar-refractivity contribution in [1.29, 1.82) is 0 Å². The van der Waals surface area contributed by atoms with Crippen LogP contribution in [0.3, 0.4) is 0 Å². The van der Waals surface area contributed by atoms with Crippen molar-refractivity contribution < 1.29 is 17.9 Å². The molecule has 0 aromatic rings. The fourth-order valence-electron chi connectivity index (χ4n) is 2.98. The molecule has 0 radical (unpaired) electrons. The van der Waals surface area contributed by atoms with Crippen molar-refractivity contribution in [1.82, 2.24) is 5.32 Å². The van der Waals surface area contributed by atoms with Crippen LogP contribution in [0.5, 0.6) is 0 Å². The third kappa shape index (κ3) is 3.14. The summed E-state index contributed by atoms with van der Waals surface area (Å²) in [6.45, 7) is 2.53. The summed E-state index contributed by atoms with van der Waals surface area (Å²) in [6, 6.07) is -1.38. The SMILES string of the molecule is CCNC(C1CCOC2(CCSC2)C1)C(F)(F)F. The highest BCUT2D eigenvalue weighted by molar-refractivity contribution is 7.99. The van der Waals surface area contributed by atoms with Gasteiger partial charge in [0.05, 0.1) is 5.60 Å². The van der Waals surface area contributed by atoms with Crippen LogP contribution >= 0.6 is 11.8 Å². The largest absolute Gasteiger partial charge is 0.404 e. The fraction of sp³-hybridized carbons (Fsp3) is 1.00. The lowest BCUT2D eigenvalue weighted by Crippen LogP contribution is -2.53. The highest BCUT2D eigenvalue weighted by Gasteiger charge is 2.49. The van der Waals surface area contributed by atoms with Gasteiger partial charge in [-0.2, -0.15) is 24.9 Å². The average molecular weight is 283 g/mol. The molecule has 3 unspecified atom stereocenters. The van der Waals surface area contributed by atoms with Crippen LogP contribution in [-0.2, 0) is 4.74 Å². The molecule has 2 saturated heterocycles. The number of rotatable bonds is 3. The minimum Gasteiger partial charge on any atom is -0.374 e. The highest BCUT2D eigenvalue weighted by atomic mass is 32.2. The molecule has 0 aliphatic carbocycles. The first-order valence-corrected chi connectivity index (χ1v) is 7.64. The van der Waals surface area contributed by atoms with Crippen LogP contribution in [0.4, 0.5) is 13.2 Å². The van der Waals surface area contributed by atoms with Crippen LogP contribution in [0.25, 0.3) is 0 Å². The van der Waals surface area contributed by atoms with Gasteiger partial charge in [0.15, 0.2) is 0 Å². The summed E-state index contributed by atoms with van der Waals surface area (Å²) in [7, 11) is 0. The quantitative estimate of drug-likeness (QED) is 0.860. The van der Waals surface area contributed by atoms with Crippen molar-refractivity contribution in [2.45, 2.75) is 44.0 Å². The van der Waals surface area contributed by atoms with Gasteiger partial charge in [-0.3, -0.25) is 0 Å². The van der Waals surface area contributed by atoms with Crippen LogP contribution in [0.15, 0.2) is 0 Å². The summed E-state index contributed by atoms with van der Waals surface area (Å²) in [4.78, 5) is 0. The number of ether oxygens (including phenoxy) is 1. The number of hydrogen-bond donors (Lipinski definition) is 1. The number of nitrogens with one attached hydrogen (secondary N) is 1. The van der Waals surface area contributed by atoms with E-state index in [0.29, 0.717) is 26.0 Å². The Morgan fingerprint density at radius 1 is 1.50 bits per heavy atom. The van der Waals surface area contributed by atoms with E-state index in [1.165, 1.54) is 0 Å². The maximum Gasteiger partial charge on any atom is 0.404 e. The average Bonchev–Trinajstić information content (AvgIpc) is 2.72. The molecule has 2 aliphatic heterocycles. The Kier molecular flexibility index (Phi) is 4.49. The first-order chi connectivity index (χ1) is 8.47. The molecule has 1 spiro atoms. The van der Waals surface area contributed by atoms with Gasteiger partial charge in [-0.1, -0.05) is 6.92 Å². The van der Waals surface area contributed by atoms with Gasteiger partial charge in [0, 0.05) is 12.4 Å². The van der Waals surface area contributed by atoms with E-state index in [1.807, 2.05) is 0 Å². The summed E-state index contributed by atoms with van der Waals surface area (Å²) in [6.07, 6.45) is -2.23. The van der Waals surface area contributed by atoms with Crippen molar-refractivity contribution >= 4 is 11.8 Å². The number of thioether (sulfide) groups is 1. The zero-order valence-corrected chi connectivity index (χ0v) is 11.4. The van der Waals surface area contributed by atoms with Crippen molar-refractivity contribution in [3.05, 3.63) is 0 Å². The molecule has 1 N–H and O–H groups in total.